The Labute approximate surface area is 112 Å². The Kier molecular flexibility index (Phi) is 3.74. The molecule has 1 fully saturated rings. The first-order chi connectivity index (χ1) is 8.97. The van der Waals surface area contributed by atoms with E-state index >= 15 is 0 Å². The Morgan fingerprint density at radius 1 is 1.47 bits per heavy atom. The molecule has 1 aliphatic rings. The molecule has 0 spiro atoms. The van der Waals surface area contributed by atoms with Gasteiger partial charge in [-0.05, 0) is 24.6 Å². The Bertz CT molecular complexity index is 501. The van der Waals surface area contributed by atoms with Crippen molar-refractivity contribution in [1.82, 2.24) is 4.90 Å². The molecular weight excluding hydrogens is 244 g/mol. The molecule has 0 bridgehead atoms. The molecule has 2 rings (SSSR count). The maximum Gasteiger partial charge on any atom is 0.305 e. The van der Waals surface area contributed by atoms with Gasteiger partial charge in [0.15, 0.2) is 0 Å². The van der Waals surface area contributed by atoms with E-state index in [1.165, 1.54) is 0 Å². The van der Waals surface area contributed by atoms with Crippen LogP contribution in [0.3, 0.4) is 0 Å². The summed E-state index contributed by atoms with van der Waals surface area (Å²) in [6.07, 6.45) is -0.0233. The quantitative estimate of drug-likeness (QED) is 0.886. The van der Waals surface area contributed by atoms with E-state index in [-0.39, 0.29) is 18.4 Å². The van der Waals surface area contributed by atoms with Crippen molar-refractivity contribution in [3.05, 3.63) is 29.8 Å². The van der Waals surface area contributed by atoms with E-state index in [9.17, 15) is 9.59 Å². The summed E-state index contributed by atoms with van der Waals surface area (Å²) >= 11 is 0. The first-order valence-corrected chi connectivity index (χ1v) is 6.26. The van der Waals surface area contributed by atoms with Crippen molar-refractivity contribution < 1.29 is 14.7 Å². The molecule has 0 aromatic heterocycles. The Morgan fingerprint density at radius 3 is 2.84 bits per heavy atom. The summed E-state index contributed by atoms with van der Waals surface area (Å²) in [5.41, 5.74) is 2.09. The van der Waals surface area contributed by atoms with Crippen molar-refractivity contribution in [1.29, 1.82) is 0 Å². The van der Waals surface area contributed by atoms with Gasteiger partial charge in [0, 0.05) is 19.3 Å². The highest BCUT2D eigenvalue weighted by atomic mass is 16.4. The topological polar surface area (TPSA) is 60.9 Å². The van der Waals surface area contributed by atoms with Crippen LogP contribution in [-0.4, -0.2) is 48.1 Å². The first kappa shape index (κ1) is 13.4. The van der Waals surface area contributed by atoms with Gasteiger partial charge in [-0.1, -0.05) is 12.1 Å². The number of rotatable bonds is 3. The number of carboxylic acid groups (broad SMARTS) is 1. The highest BCUT2D eigenvalue weighted by Crippen LogP contribution is 2.21. The molecule has 1 unspecified atom stereocenters. The fourth-order valence-corrected chi connectivity index (χ4v) is 2.34. The average Bonchev–Trinajstić information content (AvgIpc) is 2.34. The van der Waals surface area contributed by atoms with Crippen molar-refractivity contribution in [2.75, 3.05) is 25.0 Å². The highest BCUT2D eigenvalue weighted by molar-refractivity contribution is 5.84. The number of aryl methyl sites for hydroxylation is 1. The van der Waals surface area contributed by atoms with Crippen LogP contribution in [0.4, 0.5) is 5.69 Å². The average molecular weight is 262 g/mol. The number of likely N-dealkylation sites (N-methyl/N-ethyl adjacent to an activating group) is 1. The third kappa shape index (κ3) is 3.05. The largest absolute Gasteiger partial charge is 0.481 e. The molecule has 1 amide bonds. The molecule has 0 aliphatic carbocycles. The summed E-state index contributed by atoms with van der Waals surface area (Å²) in [5.74, 6) is -0.922. The number of nitrogens with zero attached hydrogens (tertiary/aromatic N) is 2. The van der Waals surface area contributed by atoms with Crippen LogP contribution in [0.15, 0.2) is 24.3 Å². The van der Waals surface area contributed by atoms with Crippen molar-refractivity contribution in [2.24, 2.45) is 0 Å². The fraction of sp³-hybridized carbons (Fsp3) is 0.429. The molecular formula is C14H18N2O3. The number of anilines is 1. The van der Waals surface area contributed by atoms with Crippen LogP contribution in [0, 0.1) is 6.92 Å². The van der Waals surface area contributed by atoms with Crippen molar-refractivity contribution in [3.63, 3.8) is 0 Å². The van der Waals surface area contributed by atoms with Gasteiger partial charge in [-0.15, -0.1) is 0 Å². The predicted octanol–water partition coefficient (Wildman–Crippen LogP) is 1.12. The lowest BCUT2D eigenvalue weighted by atomic mass is 10.1. The molecule has 19 heavy (non-hydrogen) atoms. The van der Waals surface area contributed by atoms with Gasteiger partial charge in [0.1, 0.15) is 0 Å². The van der Waals surface area contributed by atoms with Crippen LogP contribution in [0.2, 0.25) is 0 Å². The maximum absolute atomic E-state index is 11.9. The number of hydrogen-bond donors (Lipinski definition) is 1. The zero-order chi connectivity index (χ0) is 14.0. The van der Waals surface area contributed by atoms with Crippen LogP contribution in [0.25, 0.3) is 0 Å². The van der Waals surface area contributed by atoms with Crippen LogP contribution >= 0.6 is 0 Å². The summed E-state index contributed by atoms with van der Waals surface area (Å²) in [7, 11) is 1.67. The van der Waals surface area contributed by atoms with Crippen LogP contribution in [-0.2, 0) is 9.59 Å². The van der Waals surface area contributed by atoms with Crippen LogP contribution in [0.5, 0.6) is 0 Å². The molecule has 0 saturated carbocycles. The minimum absolute atomic E-state index is 0.0233. The minimum atomic E-state index is -0.879. The molecule has 1 aromatic carbocycles. The summed E-state index contributed by atoms with van der Waals surface area (Å²) in [4.78, 5) is 26.3. The number of benzene rings is 1. The second-order valence-corrected chi connectivity index (χ2v) is 4.98. The Balaban J connectivity index is 2.19. The number of piperazine rings is 1. The summed E-state index contributed by atoms with van der Waals surface area (Å²) in [5, 5.41) is 8.91. The van der Waals surface area contributed by atoms with Gasteiger partial charge in [0.05, 0.1) is 19.0 Å². The summed E-state index contributed by atoms with van der Waals surface area (Å²) in [6.45, 7) is 2.85. The number of carboxylic acids is 1. The van der Waals surface area contributed by atoms with Crippen molar-refractivity contribution >= 4 is 17.6 Å². The molecule has 5 heteroatoms. The molecule has 1 atom stereocenters. The molecule has 1 saturated heterocycles. The zero-order valence-corrected chi connectivity index (χ0v) is 11.2. The second-order valence-electron chi connectivity index (χ2n) is 4.98. The van der Waals surface area contributed by atoms with E-state index in [0.717, 1.165) is 11.3 Å². The van der Waals surface area contributed by atoms with E-state index in [2.05, 4.69) is 0 Å². The van der Waals surface area contributed by atoms with E-state index < -0.39 is 5.97 Å². The minimum Gasteiger partial charge on any atom is -0.481 e. The van der Waals surface area contributed by atoms with Gasteiger partial charge in [-0.3, -0.25) is 9.59 Å². The standard InChI is InChI=1S/C14H18N2O3/c1-10-4-3-5-11(6-10)16-8-12(7-14(18)19)15(2)13(17)9-16/h3-6,12H,7-9H2,1-2H3,(H,18,19). The first-order valence-electron chi connectivity index (χ1n) is 6.26. The van der Waals surface area contributed by atoms with Gasteiger partial charge >= 0.3 is 5.97 Å². The second kappa shape index (κ2) is 5.30. The number of carbonyl (C=O) groups is 2. The van der Waals surface area contributed by atoms with E-state index in [0.29, 0.717) is 13.1 Å². The SMILES string of the molecule is Cc1cccc(N2CC(=O)N(C)C(CC(=O)O)C2)c1. The Hall–Kier alpha value is -2.04. The van der Waals surface area contributed by atoms with Crippen LogP contribution in [0.1, 0.15) is 12.0 Å². The molecule has 0 radical (unpaired) electrons. The molecule has 1 aliphatic heterocycles. The number of hydrogen-bond acceptors (Lipinski definition) is 3. The third-order valence-corrected chi connectivity index (χ3v) is 3.48. The number of aliphatic carboxylic acids is 1. The lowest BCUT2D eigenvalue weighted by Gasteiger charge is -2.39. The normalized spacial score (nSPS) is 19.7. The Morgan fingerprint density at radius 2 is 2.21 bits per heavy atom. The predicted molar refractivity (Wildman–Crippen MR) is 72.2 cm³/mol. The number of carbonyl (C=O) groups excluding carboxylic acids is 1. The molecule has 102 valence electrons. The molecule has 1 heterocycles. The smallest absolute Gasteiger partial charge is 0.305 e. The molecule has 1 aromatic rings. The summed E-state index contributed by atoms with van der Waals surface area (Å²) in [6, 6.07) is 7.62. The monoisotopic (exact) mass is 262 g/mol. The molecule has 1 N–H and O–H groups in total. The van der Waals surface area contributed by atoms with E-state index in [4.69, 9.17) is 5.11 Å². The summed E-state index contributed by atoms with van der Waals surface area (Å²) < 4.78 is 0. The van der Waals surface area contributed by atoms with Gasteiger partial charge in [0.25, 0.3) is 0 Å². The van der Waals surface area contributed by atoms with Crippen LogP contribution < -0.4 is 4.90 Å². The van der Waals surface area contributed by atoms with Crippen molar-refractivity contribution in [3.8, 4) is 0 Å². The van der Waals surface area contributed by atoms with Gasteiger partial charge in [-0.2, -0.15) is 0 Å². The fourth-order valence-electron chi connectivity index (χ4n) is 2.34. The zero-order valence-electron chi connectivity index (χ0n) is 11.2. The lowest BCUT2D eigenvalue weighted by molar-refractivity contribution is -0.140. The lowest BCUT2D eigenvalue weighted by Crippen LogP contribution is -2.55. The van der Waals surface area contributed by atoms with Crippen molar-refractivity contribution in [2.45, 2.75) is 19.4 Å². The van der Waals surface area contributed by atoms with Gasteiger partial charge in [0.2, 0.25) is 5.91 Å². The van der Waals surface area contributed by atoms with E-state index in [1.807, 2.05) is 36.1 Å². The highest BCUT2D eigenvalue weighted by Gasteiger charge is 2.31. The van der Waals surface area contributed by atoms with Gasteiger partial charge < -0.3 is 14.9 Å². The van der Waals surface area contributed by atoms with E-state index in [1.54, 1.807) is 11.9 Å². The van der Waals surface area contributed by atoms with Gasteiger partial charge in [-0.25, -0.2) is 0 Å². The molecule has 5 nitrogen and oxygen atoms in total. The maximum atomic E-state index is 11.9. The third-order valence-electron chi connectivity index (χ3n) is 3.48. The number of amides is 1.